The quantitative estimate of drug-likeness (QED) is 0.914. The number of rotatable bonds is 4. The van der Waals surface area contributed by atoms with E-state index >= 15 is 0 Å². The van der Waals surface area contributed by atoms with Gasteiger partial charge < -0.3 is 10.0 Å². The van der Waals surface area contributed by atoms with Crippen LogP contribution in [0.15, 0.2) is 42.5 Å². The highest BCUT2D eigenvalue weighted by molar-refractivity contribution is 6.31. The van der Waals surface area contributed by atoms with Crippen LogP contribution in [0.3, 0.4) is 0 Å². The number of halogens is 2. The highest BCUT2D eigenvalue weighted by Crippen LogP contribution is 2.30. The molecule has 0 spiro atoms. The van der Waals surface area contributed by atoms with Gasteiger partial charge in [-0.15, -0.1) is 0 Å². The van der Waals surface area contributed by atoms with Gasteiger partial charge in [0, 0.05) is 24.2 Å². The first kappa shape index (κ1) is 14.8. The van der Waals surface area contributed by atoms with E-state index in [0.29, 0.717) is 22.8 Å². The maximum atomic E-state index is 14.1. The van der Waals surface area contributed by atoms with Crippen LogP contribution in [0.25, 0.3) is 0 Å². The fraction of sp³-hybridized carbons (Fsp3) is 0.250. The van der Waals surface area contributed by atoms with Gasteiger partial charge in [0.25, 0.3) is 0 Å². The van der Waals surface area contributed by atoms with E-state index in [4.69, 9.17) is 11.6 Å². The van der Waals surface area contributed by atoms with Crippen LogP contribution in [0, 0.1) is 5.82 Å². The second-order valence-corrected chi connectivity index (χ2v) is 5.21. The number of benzene rings is 2. The van der Waals surface area contributed by atoms with Gasteiger partial charge in [0.1, 0.15) is 5.82 Å². The third-order valence-electron chi connectivity index (χ3n) is 3.22. The topological polar surface area (TPSA) is 23.5 Å². The van der Waals surface area contributed by atoms with Crippen molar-refractivity contribution in [3.63, 3.8) is 0 Å². The Kier molecular flexibility index (Phi) is 4.63. The summed E-state index contributed by atoms with van der Waals surface area (Å²) >= 11 is 6.13. The average Bonchev–Trinajstić information content (AvgIpc) is 2.40. The lowest BCUT2D eigenvalue weighted by Crippen LogP contribution is -2.20. The molecular weight excluding hydrogens is 277 g/mol. The number of aliphatic hydroxyl groups is 1. The summed E-state index contributed by atoms with van der Waals surface area (Å²) in [7, 11) is 1.79. The molecule has 0 heterocycles. The van der Waals surface area contributed by atoms with Crippen molar-refractivity contribution < 1.29 is 9.50 Å². The van der Waals surface area contributed by atoms with Gasteiger partial charge in [0.2, 0.25) is 0 Å². The van der Waals surface area contributed by atoms with Crippen molar-refractivity contribution in [1.82, 2.24) is 0 Å². The van der Waals surface area contributed by atoms with Gasteiger partial charge in [-0.3, -0.25) is 0 Å². The minimum atomic E-state index is -0.727. The van der Waals surface area contributed by atoms with Gasteiger partial charge in [-0.1, -0.05) is 41.9 Å². The highest BCUT2D eigenvalue weighted by atomic mass is 35.5. The Labute approximate surface area is 123 Å². The van der Waals surface area contributed by atoms with Crippen molar-refractivity contribution in [3.8, 4) is 0 Å². The van der Waals surface area contributed by atoms with Gasteiger partial charge in [-0.25, -0.2) is 4.39 Å². The van der Waals surface area contributed by atoms with E-state index < -0.39 is 6.10 Å². The maximum absolute atomic E-state index is 14.1. The molecule has 2 nitrogen and oxygen atoms in total. The fourth-order valence-electron chi connectivity index (χ4n) is 2.23. The predicted molar refractivity (Wildman–Crippen MR) is 80.6 cm³/mol. The minimum absolute atomic E-state index is 0.349. The number of nitrogens with zero attached hydrogens (tertiary/aromatic N) is 1. The number of hydrogen-bond acceptors (Lipinski definition) is 2. The maximum Gasteiger partial charge on any atom is 0.146 e. The summed E-state index contributed by atoms with van der Waals surface area (Å²) in [6.45, 7) is 2.10. The first-order chi connectivity index (χ1) is 9.50. The molecule has 0 fully saturated rings. The second-order valence-electron chi connectivity index (χ2n) is 4.80. The van der Waals surface area contributed by atoms with E-state index in [2.05, 4.69) is 0 Å². The van der Waals surface area contributed by atoms with Crippen molar-refractivity contribution in [2.24, 2.45) is 0 Å². The molecule has 1 N–H and O–H groups in total. The molecule has 0 aliphatic rings. The number of anilines is 1. The van der Waals surface area contributed by atoms with Gasteiger partial charge in [-0.2, -0.15) is 0 Å². The van der Waals surface area contributed by atoms with Crippen LogP contribution in [0.2, 0.25) is 5.02 Å². The van der Waals surface area contributed by atoms with E-state index in [9.17, 15) is 9.50 Å². The summed E-state index contributed by atoms with van der Waals surface area (Å²) in [5, 5.41) is 10.4. The lowest BCUT2D eigenvalue weighted by Gasteiger charge is -2.24. The normalized spacial score (nSPS) is 12.2. The molecule has 2 aromatic carbocycles. The molecule has 0 aromatic heterocycles. The molecule has 0 saturated heterocycles. The molecule has 0 unspecified atom stereocenters. The summed E-state index contributed by atoms with van der Waals surface area (Å²) in [5.74, 6) is -0.349. The summed E-state index contributed by atoms with van der Waals surface area (Å²) in [4.78, 5) is 1.76. The number of hydrogen-bond donors (Lipinski definition) is 1. The fourth-order valence-corrected chi connectivity index (χ4v) is 2.43. The summed E-state index contributed by atoms with van der Waals surface area (Å²) in [6, 6.07) is 12.2. The summed E-state index contributed by atoms with van der Waals surface area (Å²) in [6.07, 6.45) is -0.727. The summed E-state index contributed by atoms with van der Waals surface area (Å²) in [5.41, 5.74) is 1.89. The van der Waals surface area contributed by atoms with Crippen molar-refractivity contribution >= 4 is 17.3 Å². The molecule has 0 aliphatic heterocycles. The Morgan fingerprint density at radius 3 is 2.55 bits per heavy atom. The van der Waals surface area contributed by atoms with E-state index in [-0.39, 0.29) is 5.82 Å². The molecule has 0 radical (unpaired) electrons. The molecule has 2 aromatic rings. The van der Waals surface area contributed by atoms with Crippen LogP contribution in [0.1, 0.15) is 24.2 Å². The van der Waals surface area contributed by atoms with Gasteiger partial charge in [0.05, 0.1) is 11.8 Å². The Morgan fingerprint density at radius 1 is 1.20 bits per heavy atom. The zero-order valence-corrected chi connectivity index (χ0v) is 12.2. The standard InChI is InChI=1S/C16H17ClFNO/c1-11(20)13-7-5-9-15(18)16(13)19(2)10-12-6-3-4-8-14(12)17/h3-9,11,20H,10H2,1-2H3/t11-/m1/s1. The first-order valence-corrected chi connectivity index (χ1v) is 6.79. The Morgan fingerprint density at radius 2 is 1.90 bits per heavy atom. The molecule has 0 bridgehead atoms. The molecule has 106 valence electrons. The lowest BCUT2D eigenvalue weighted by atomic mass is 10.1. The largest absolute Gasteiger partial charge is 0.389 e. The van der Waals surface area contributed by atoms with E-state index in [1.165, 1.54) is 6.07 Å². The van der Waals surface area contributed by atoms with Crippen LogP contribution < -0.4 is 4.90 Å². The first-order valence-electron chi connectivity index (χ1n) is 6.41. The van der Waals surface area contributed by atoms with Crippen molar-refractivity contribution in [2.45, 2.75) is 19.6 Å². The lowest BCUT2D eigenvalue weighted by molar-refractivity contribution is 0.199. The molecule has 1 atom stereocenters. The highest BCUT2D eigenvalue weighted by Gasteiger charge is 2.16. The molecule has 0 aliphatic carbocycles. The third-order valence-corrected chi connectivity index (χ3v) is 3.58. The van der Waals surface area contributed by atoms with Crippen LogP contribution in [0.4, 0.5) is 10.1 Å². The Balaban J connectivity index is 2.34. The van der Waals surface area contributed by atoms with Crippen LogP contribution in [-0.4, -0.2) is 12.2 Å². The van der Waals surface area contributed by atoms with E-state index in [1.54, 1.807) is 31.0 Å². The van der Waals surface area contributed by atoms with Crippen molar-refractivity contribution in [3.05, 3.63) is 64.4 Å². The van der Waals surface area contributed by atoms with Crippen molar-refractivity contribution in [1.29, 1.82) is 0 Å². The SMILES string of the molecule is C[C@@H](O)c1cccc(F)c1N(C)Cc1ccccc1Cl. The molecule has 20 heavy (non-hydrogen) atoms. The molecular formula is C16H17ClFNO. The van der Waals surface area contributed by atoms with Crippen molar-refractivity contribution in [2.75, 3.05) is 11.9 Å². The zero-order chi connectivity index (χ0) is 14.7. The zero-order valence-electron chi connectivity index (χ0n) is 11.5. The van der Waals surface area contributed by atoms with E-state index in [1.807, 2.05) is 24.3 Å². The van der Waals surface area contributed by atoms with Crippen LogP contribution >= 0.6 is 11.6 Å². The molecule has 0 amide bonds. The van der Waals surface area contributed by atoms with Gasteiger partial charge in [0.15, 0.2) is 0 Å². The molecule has 4 heteroatoms. The van der Waals surface area contributed by atoms with Gasteiger partial charge >= 0.3 is 0 Å². The van der Waals surface area contributed by atoms with Gasteiger partial charge in [-0.05, 0) is 24.6 Å². The van der Waals surface area contributed by atoms with Crippen LogP contribution in [-0.2, 0) is 6.54 Å². The third kappa shape index (κ3) is 3.11. The van der Waals surface area contributed by atoms with E-state index in [0.717, 1.165) is 5.56 Å². The minimum Gasteiger partial charge on any atom is -0.389 e. The number of aliphatic hydroxyl groups excluding tert-OH is 1. The number of para-hydroxylation sites is 1. The Hall–Kier alpha value is -1.58. The summed E-state index contributed by atoms with van der Waals surface area (Å²) < 4.78 is 14.1. The predicted octanol–water partition coefficient (Wildman–Crippen LogP) is 4.17. The molecule has 2 rings (SSSR count). The average molecular weight is 294 g/mol. The smallest absolute Gasteiger partial charge is 0.146 e. The second kappa shape index (κ2) is 6.25. The monoisotopic (exact) mass is 293 g/mol. The molecule has 0 saturated carbocycles. The van der Waals surface area contributed by atoms with Crippen LogP contribution in [0.5, 0.6) is 0 Å². The Bertz CT molecular complexity index is 601.